The minimum atomic E-state index is 0.736. The Morgan fingerprint density at radius 2 is 2.07 bits per heavy atom. The monoisotopic (exact) mass is 197 g/mol. The molecule has 1 saturated carbocycles. The third-order valence-electron chi connectivity index (χ3n) is 3.40. The van der Waals surface area contributed by atoms with Crippen LogP contribution in [-0.2, 0) is 0 Å². The molecule has 1 saturated heterocycles. The van der Waals surface area contributed by atoms with Gasteiger partial charge in [0.1, 0.15) is 0 Å². The van der Waals surface area contributed by atoms with Crippen LogP contribution in [0.2, 0.25) is 0 Å². The zero-order chi connectivity index (χ0) is 9.97. The van der Waals surface area contributed by atoms with E-state index >= 15 is 0 Å². The van der Waals surface area contributed by atoms with Gasteiger partial charge in [0.25, 0.3) is 0 Å². The highest BCUT2D eigenvalue weighted by Gasteiger charge is 2.34. The molecule has 0 aromatic carbocycles. The summed E-state index contributed by atoms with van der Waals surface area (Å²) >= 11 is 0. The van der Waals surface area contributed by atoms with Gasteiger partial charge in [0.15, 0.2) is 0 Å². The van der Waals surface area contributed by atoms with Crippen molar-refractivity contribution < 1.29 is 0 Å². The number of hydrogen-bond donors (Lipinski definition) is 1. The predicted molar refractivity (Wildman–Crippen MR) is 59.6 cm³/mol. The lowest BCUT2D eigenvalue weighted by molar-refractivity contribution is 0.178. The van der Waals surface area contributed by atoms with E-state index in [2.05, 4.69) is 29.2 Å². The maximum Gasteiger partial charge on any atom is 0.0350 e. The fourth-order valence-electron chi connectivity index (χ4n) is 2.57. The van der Waals surface area contributed by atoms with E-state index in [4.69, 9.17) is 0 Å². The summed E-state index contributed by atoms with van der Waals surface area (Å²) in [6, 6.07) is 1.65. The molecular weight excluding hydrogens is 174 g/mol. The Labute approximate surface area is 87.4 Å². The zero-order valence-corrected chi connectivity index (χ0v) is 9.50. The van der Waals surface area contributed by atoms with Crippen molar-refractivity contribution in [1.82, 2.24) is 15.1 Å². The minimum Gasteiger partial charge on any atom is -0.318 e. The van der Waals surface area contributed by atoms with Crippen molar-refractivity contribution in [2.45, 2.75) is 31.3 Å². The van der Waals surface area contributed by atoms with Crippen molar-refractivity contribution in [2.75, 3.05) is 40.3 Å². The largest absolute Gasteiger partial charge is 0.318 e. The van der Waals surface area contributed by atoms with Gasteiger partial charge in [-0.05, 0) is 39.9 Å². The smallest absolute Gasteiger partial charge is 0.0350 e. The number of hydrogen-bond acceptors (Lipinski definition) is 3. The SMILES string of the molecule is CNCC1CN(C)CCCN1C1CC1. The molecule has 2 rings (SSSR count). The summed E-state index contributed by atoms with van der Waals surface area (Å²) in [5.41, 5.74) is 0. The molecule has 1 atom stereocenters. The van der Waals surface area contributed by atoms with Gasteiger partial charge in [0, 0.05) is 31.7 Å². The maximum absolute atomic E-state index is 3.33. The normalized spacial score (nSPS) is 31.7. The molecule has 3 heteroatoms. The van der Waals surface area contributed by atoms with Crippen molar-refractivity contribution >= 4 is 0 Å². The van der Waals surface area contributed by atoms with Crippen LogP contribution in [0.4, 0.5) is 0 Å². The van der Waals surface area contributed by atoms with Gasteiger partial charge >= 0.3 is 0 Å². The third-order valence-corrected chi connectivity index (χ3v) is 3.40. The fraction of sp³-hybridized carbons (Fsp3) is 1.00. The Morgan fingerprint density at radius 1 is 1.29 bits per heavy atom. The van der Waals surface area contributed by atoms with Crippen molar-refractivity contribution in [2.24, 2.45) is 0 Å². The van der Waals surface area contributed by atoms with Gasteiger partial charge in [-0.2, -0.15) is 0 Å². The van der Waals surface area contributed by atoms with Crippen molar-refractivity contribution in [1.29, 1.82) is 0 Å². The number of rotatable bonds is 3. The second kappa shape index (κ2) is 4.60. The molecule has 3 nitrogen and oxygen atoms in total. The molecule has 0 spiro atoms. The van der Waals surface area contributed by atoms with E-state index in [1.807, 2.05) is 0 Å². The summed E-state index contributed by atoms with van der Waals surface area (Å²) in [4.78, 5) is 5.21. The van der Waals surface area contributed by atoms with Crippen molar-refractivity contribution in [3.8, 4) is 0 Å². The topological polar surface area (TPSA) is 18.5 Å². The molecule has 1 aliphatic heterocycles. The molecule has 2 fully saturated rings. The molecule has 0 radical (unpaired) electrons. The second-order valence-electron chi connectivity index (χ2n) is 4.80. The Balaban J connectivity index is 1.95. The van der Waals surface area contributed by atoms with E-state index in [-0.39, 0.29) is 0 Å². The van der Waals surface area contributed by atoms with Gasteiger partial charge in [-0.25, -0.2) is 0 Å². The Bertz CT molecular complexity index is 179. The molecule has 1 unspecified atom stereocenters. The number of nitrogens with zero attached hydrogens (tertiary/aromatic N) is 2. The average molecular weight is 197 g/mol. The summed E-state index contributed by atoms with van der Waals surface area (Å²) < 4.78 is 0. The van der Waals surface area contributed by atoms with Gasteiger partial charge in [-0.3, -0.25) is 4.90 Å². The van der Waals surface area contributed by atoms with Crippen LogP contribution in [0.1, 0.15) is 19.3 Å². The van der Waals surface area contributed by atoms with Gasteiger partial charge < -0.3 is 10.2 Å². The molecule has 0 bridgehead atoms. The van der Waals surface area contributed by atoms with E-state index in [0.29, 0.717) is 0 Å². The van der Waals surface area contributed by atoms with Crippen LogP contribution in [0.15, 0.2) is 0 Å². The first-order chi connectivity index (χ1) is 6.81. The third kappa shape index (κ3) is 2.47. The van der Waals surface area contributed by atoms with Crippen molar-refractivity contribution in [3.05, 3.63) is 0 Å². The van der Waals surface area contributed by atoms with E-state index in [0.717, 1.165) is 18.6 Å². The van der Waals surface area contributed by atoms with Crippen LogP contribution in [0.3, 0.4) is 0 Å². The lowest BCUT2D eigenvalue weighted by Gasteiger charge is -2.30. The lowest BCUT2D eigenvalue weighted by Crippen LogP contribution is -2.46. The minimum absolute atomic E-state index is 0.736. The van der Waals surface area contributed by atoms with Gasteiger partial charge in [0.2, 0.25) is 0 Å². The van der Waals surface area contributed by atoms with E-state index in [1.54, 1.807) is 0 Å². The molecule has 82 valence electrons. The Kier molecular flexibility index (Phi) is 3.42. The van der Waals surface area contributed by atoms with Crippen LogP contribution in [0.25, 0.3) is 0 Å². The molecule has 1 N–H and O–H groups in total. The van der Waals surface area contributed by atoms with Gasteiger partial charge in [-0.15, -0.1) is 0 Å². The molecule has 0 aromatic rings. The summed E-state index contributed by atoms with van der Waals surface area (Å²) in [5.74, 6) is 0. The first-order valence-electron chi connectivity index (χ1n) is 5.90. The number of likely N-dealkylation sites (N-methyl/N-ethyl adjacent to an activating group) is 2. The second-order valence-corrected chi connectivity index (χ2v) is 4.80. The predicted octanol–water partition coefficient (Wildman–Crippen LogP) is 0.374. The highest BCUT2D eigenvalue weighted by Crippen LogP contribution is 2.29. The van der Waals surface area contributed by atoms with Crippen LogP contribution >= 0.6 is 0 Å². The quantitative estimate of drug-likeness (QED) is 0.705. The maximum atomic E-state index is 3.33. The molecule has 2 aliphatic rings. The molecular formula is C11H23N3. The van der Waals surface area contributed by atoms with Crippen LogP contribution in [0.5, 0.6) is 0 Å². The Hall–Kier alpha value is -0.120. The molecule has 1 heterocycles. The van der Waals surface area contributed by atoms with Crippen LogP contribution < -0.4 is 5.32 Å². The average Bonchev–Trinajstić information content (AvgIpc) is 2.93. The molecule has 14 heavy (non-hydrogen) atoms. The fourth-order valence-corrected chi connectivity index (χ4v) is 2.57. The van der Waals surface area contributed by atoms with Crippen molar-refractivity contribution in [3.63, 3.8) is 0 Å². The zero-order valence-electron chi connectivity index (χ0n) is 9.50. The highest BCUT2D eigenvalue weighted by atomic mass is 15.3. The molecule has 1 aliphatic carbocycles. The summed E-state index contributed by atoms with van der Waals surface area (Å²) in [6.45, 7) is 4.95. The summed E-state index contributed by atoms with van der Waals surface area (Å²) in [5, 5.41) is 3.33. The van der Waals surface area contributed by atoms with Crippen LogP contribution in [0, 0.1) is 0 Å². The van der Waals surface area contributed by atoms with Gasteiger partial charge in [-0.1, -0.05) is 0 Å². The van der Waals surface area contributed by atoms with E-state index < -0.39 is 0 Å². The lowest BCUT2D eigenvalue weighted by atomic mass is 10.2. The highest BCUT2D eigenvalue weighted by molar-refractivity contribution is 4.91. The molecule has 0 amide bonds. The first-order valence-corrected chi connectivity index (χ1v) is 5.90. The first kappa shape index (κ1) is 10.4. The van der Waals surface area contributed by atoms with Gasteiger partial charge in [0.05, 0.1) is 0 Å². The summed E-state index contributed by atoms with van der Waals surface area (Å²) in [6.07, 6.45) is 4.21. The summed E-state index contributed by atoms with van der Waals surface area (Å²) in [7, 11) is 4.31. The number of nitrogens with one attached hydrogen (secondary N) is 1. The standard InChI is InChI=1S/C11H23N3/c1-12-8-11-9-13(2)6-3-7-14(11)10-4-5-10/h10-12H,3-9H2,1-2H3. The Morgan fingerprint density at radius 3 is 2.71 bits per heavy atom. The van der Waals surface area contributed by atoms with Crippen LogP contribution in [-0.4, -0.2) is 62.2 Å². The van der Waals surface area contributed by atoms with E-state index in [9.17, 15) is 0 Å². The molecule has 0 aromatic heterocycles. The van der Waals surface area contributed by atoms with E-state index in [1.165, 1.54) is 38.9 Å².